The fourth-order valence-corrected chi connectivity index (χ4v) is 2.04. The zero-order valence-electron chi connectivity index (χ0n) is 9.01. The van der Waals surface area contributed by atoms with E-state index in [9.17, 15) is 0 Å². The Bertz CT molecular complexity index is 335. The van der Waals surface area contributed by atoms with Crippen molar-refractivity contribution in [3.05, 3.63) is 29.3 Å². The van der Waals surface area contributed by atoms with Crippen molar-refractivity contribution in [2.45, 2.75) is 39.5 Å². The second-order valence-corrected chi connectivity index (χ2v) is 4.13. The van der Waals surface area contributed by atoms with Crippen molar-refractivity contribution < 1.29 is 0 Å². The fourth-order valence-electron chi connectivity index (χ4n) is 2.04. The van der Waals surface area contributed by atoms with Gasteiger partial charge in [0.1, 0.15) is 0 Å². The minimum atomic E-state index is 1.20. The van der Waals surface area contributed by atoms with Crippen molar-refractivity contribution in [3.8, 4) is 0 Å². The van der Waals surface area contributed by atoms with Crippen LogP contribution >= 0.6 is 0 Å². The van der Waals surface area contributed by atoms with Crippen LogP contribution in [0.25, 0.3) is 0 Å². The maximum Gasteiger partial charge on any atom is 0.0687 e. The molecular weight excluding hydrogens is 170 g/mol. The monoisotopic (exact) mass is 187 g/mol. The smallest absolute Gasteiger partial charge is 0.0687 e. The molecule has 14 heavy (non-hydrogen) atoms. The molecule has 1 heteroatoms. The highest BCUT2D eigenvalue weighted by atomic mass is 14.8. The lowest BCUT2D eigenvalue weighted by atomic mass is 10.1. The Balaban J connectivity index is 2.36. The molecule has 1 fully saturated rings. The molecule has 0 atom stereocenters. The van der Waals surface area contributed by atoms with E-state index in [0.29, 0.717) is 0 Å². The number of hydrogen-bond donors (Lipinski definition) is 0. The van der Waals surface area contributed by atoms with Gasteiger partial charge in [0, 0.05) is 5.71 Å². The summed E-state index contributed by atoms with van der Waals surface area (Å²) in [6, 6.07) is 6.38. The predicted octanol–water partition coefficient (Wildman–Crippen LogP) is 3.95. The van der Waals surface area contributed by atoms with Crippen LogP contribution in [-0.2, 0) is 0 Å². The Morgan fingerprint density at radius 1 is 1.00 bits per heavy atom. The summed E-state index contributed by atoms with van der Waals surface area (Å²) in [5, 5.41) is 0. The summed E-state index contributed by atoms with van der Waals surface area (Å²) in [4.78, 5) is 4.77. The Morgan fingerprint density at radius 3 is 2.14 bits per heavy atom. The molecule has 1 aliphatic carbocycles. The van der Waals surface area contributed by atoms with Gasteiger partial charge in [0.05, 0.1) is 5.69 Å². The first-order chi connectivity index (χ1) is 6.77. The van der Waals surface area contributed by atoms with Gasteiger partial charge >= 0.3 is 0 Å². The molecule has 1 nitrogen and oxygen atoms in total. The molecule has 0 aliphatic heterocycles. The van der Waals surface area contributed by atoms with Crippen LogP contribution in [0.3, 0.4) is 0 Å². The SMILES string of the molecule is Cc1cccc(C)c1N=C1CCCC1. The van der Waals surface area contributed by atoms with Crippen LogP contribution in [0, 0.1) is 13.8 Å². The van der Waals surface area contributed by atoms with Crippen molar-refractivity contribution in [2.24, 2.45) is 4.99 Å². The number of aryl methyl sites for hydroxylation is 2. The lowest BCUT2D eigenvalue weighted by Crippen LogP contribution is -1.89. The third-order valence-electron chi connectivity index (χ3n) is 2.89. The molecule has 0 bridgehead atoms. The molecule has 0 aromatic heterocycles. The maximum atomic E-state index is 4.77. The van der Waals surface area contributed by atoms with Crippen molar-refractivity contribution in [3.63, 3.8) is 0 Å². The second kappa shape index (κ2) is 3.95. The molecule has 0 unspecified atom stereocenters. The maximum absolute atomic E-state index is 4.77. The van der Waals surface area contributed by atoms with Gasteiger partial charge in [0.25, 0.3) is 0 Å². The first-order valence-electron chi connectivity index (χ1n) is 5.40. The van der Waals surface area contributed by atoms with Crippen LogP contribution in [0.1, 0.15) is 36.8 Å². The zero-order valence-corrected chi connectivity index (χ0v) is 9.01. The minimum Gasteiger partial charge on any atom is -0.257 e. The Morgan fingerprint density at radius 2 is 1.57 bits per heavy atom. The second-order valence-electron chi connectivity index (χ2n) is 4.13. The first kappa shape index (κ1) is 9.45. The van der Waals surface area contributed by atoms with Gasteiger partial charge in [-0.05, 0) is 50.7 Å². The van der Waals surface area contributed by atoms with Gasteiger partial charge < -0.3 is 0 Å². The average Bonchev–Trinajstić information content (AvgIpc) is 2.64. The van der Waals surface area contributed by atoms with Gasteiger partial charge in [0.2, 0.25) is 0 Å². The van der Waals surface area contributed by atoms with Crippen LogP contribution < -0.4 is 0 Å². The van der Waals surface area contributed by atoms with Crippen LogP contribution in [0.15, 0.2) is 23.2 Å². The van der Waals surface area contributed by atoms with Crippen molar-refractivity contribution in [2.75, 3.05) is 0 Å². The lowest BCUT2D eigenvalue weighted by molar-refractivity contribution is 0.886. The van der Waals surface area contributed by atoms with Gasteiger partial charge in [-0.3, -0.25) is 4.99 Å². The zero-order chi connectivity index (χ0) is 9.97. The summed E-state index contributed by atoms with van der Waals surface area (Å²) in [5.74, 6) is 0. The first-order valence-corrected chi connectivity index (χ1v) is 5.40. The molecule has 74 valence electrons. The van der Waals surface area contributed by atoms with E-state index in [-0.39, 0.29) is 0 Å². The Hall–Kier alpha value is -1.11. The molecule has 0 heterocycles. The van der Waals surface area contributed by atoms with Gasteiger partial charge in [-0.2, -0.15) is 0 Å². The van der Waals surface area contributed by atoms with E-state index in [1.165, 1.54) is 48.2 Å². The van der Waals surface area contributed by atoms with Gasteiger partial charge in [-0.1, -0.05) is 18.2 Å². The Labute approximate surface area is 85.9 Å². The van der Waals surface area contributed by atoms with E-state index < -0.39 is 0 Å². The highest BCUT2D eigenvalue weighted by Gasteiger charge is 2.09. The number of aliphatic imine (C=N–C) groups is 1. The van der Waals surface area contributed by atoms with E-state index in [1.54, 1.807) is 0 Å². The number of benzene rings is 1. The molecule has 0 radical (unpaired) electrons. The van der Waals surface area contributed by atoms with E-state index >= 15 is 0 Å². The van der Waals surface area contributed by atoms with Crippen LogP contribution in [0.2, 0.25) is 0 Å². The third-order valence-corrected chi connectivity index (χ3v) is 2.89. The third kappa shape index (κ3) is 1.87. The quantitative estimate of drug-likeness (QED) is 0.631. The summed E-state index contributed by atoms with van der Waals surface area (Å²) in [6.45, 7) is 4.28. The molecule has 2 rings (SSSR count). The predicted molar refractivity (Wildman–Crippen MR) is 61.5 cm³/mol. The van der Waals surface area contributed by atoms with Crippen molar-refractivity contribution in [1.29, 1.82) is 0 Å². The Kier molecular flexibility index (Phi) is 2.67. The molecule has 0 spiro atoms. The largest absolute Gasteiger partial charge is 0.257 e. The van der Waals surface area contributed by atoms with Gasteiger partial charge in [-0.25, -0.2) is 0 Å². The molecule has 1 aromatic rings. The molecule has 1 saturated carbocycles. The van der Waals surface area contributed by atoms with E-state index in [2.05, 4.69) is 32.0 Å². The molecule has 0 N–H and O–H groups in total. The van der Waals surface area contributed by atoms with Crippen LogP contribution in [-0.4, -0.2) is 5.71 Å². The number of para-hydroxylation sites is 1. The van der Waals surface area contributed by atoms with Gasteiger partial charge in [0.15, 0.2) is 0 Å². The lowest BCUT2D eigenvalue weighted by Gasteiger charge is -2.05. The topological polar surface area (TPSA) is 12.4 Å². The van der Waals surface area contributed by atoms with Crippen LogP contribution in [0.5, 0.6) is 0 Å². The molecule has 0 saturated heterocycles. The van der Waals surface area contributed by atoms with Crippen molar-refractivity contribution in [1.82, 2.24) is 0 Å². The van der Waals surface area contributed by atoms with E-state index in [0.717, 1.165) is 0 Å². The number of rotatable bonds is 1. The number of nitrogens with zero attached hydrogens (tertiary/aromatic N) is 1. The molecule has 1 aromatic carbocycles. The molecular formula is C13H17N. The highest BCUT2D eigenvalue weighted by Crippen LogP contribution is 2.26. The molecule has 0 amide bonds. The molecule has 1 aliphatic rings. The average molecular weight is 187 g/mol. The highest BCUT2D eigenvalue weighted by molar-refractivity contribution is 5.89. The summed E-state index contributed by atoms with van der Waals surface area (Å²) in [5.41, 5.74) is 5.18. The van der Waals surface area contributed by atoms with E-state index in [4.69, 9.17) is 4.99 Å². The van der Waals surface area contributed by atoms with Crippen molar-refractivity contribution >= 4 is 11.4 Å². The van der Waals surface area contributed by atoms with Gasteiger partial charge in [-0.15, -0.1) is 0 Å². The normalized spacial score (nSPS) is 16.0. The fraction of sp³-hybridized carbons (Fsp3) is 0.462. The standard InChI is InChI=1S/C13H17N/c1-10-6-5-7-11(2)13(10)14-12-8-3-4-9-12/h5-7H,3-4,8-9H2,1-2H3. The summed E-state index contributed by atoms with van der Waals surface area (Å²) in [7, 11) is 0. The van der Waals surface area contributed by atoms with E-state index in [1.807, 2.05) is 0 Å². The van der Waals surface area contributed by atoms with Crippen LogP contribution in [0.4, 0.5) is 5.69 Å². The summed E-state index contributed by atoms with van der Waals surface area (Å²) < 4.78 is 0. The number of hydrogen-bond acceptors (Lipinski definition) is 1. The summed E-state index contributed by atoms with van der Waals surface area (Å²) >= 11 is 0. The summed E-state index contributed by atoms with van der Waals surface area (Å²) in [6.07, 6.45) is 5.05. The minimum absolute atomic E-state index is 1.20.